The smallest absolute Gasteiger partial charge is 0.280 e. The Bertz CT molecular complexity index is 706. The van der Waals surface area contributed by atoms with E-state index in [4.69, 9.17) is 0 Å². The summed E-state index contributed by atoms with van der Waals surface area (Å²) in [5.74, 6) is -0.386. The van der Waals surface area contributed by atoms with Crippen molar-refractivity contribution in [2.45, 2.75) is 34.1 Å². The average Bonchev–Trinajstić information content (AvgIpc) is 2.41. The predicted octanol–water partition coefficient (Wildman–Crippen LogP) is 3.90. The zero-order chi connectivity index (χ0) is 16.4. The maximum Gasteiger partial charge on any atom is 0.280 e. The maximum atomic E-state index is 12.8. The molecule has 0 saturated heterocycles. The molecule has 0 unspecified atom stereocenters. The van der Waals surface area contributed by atoms with Crippen LogP contribution in [0, 0.1) is 27.7 Å². The van der Waals surface area contributed by atoms with Gasteiger partial charge in [0, 0.05) is 5.69 Å². The van der Waals surface area contributed by atoms with Crippen molar-refractivity contribution in [3.63, 3.8) is 0 Å². The standard InChI is InChI=1S/C16H17F2N3O/c1-8-5-9(2)14(10(3)6-8)21-16(22)13-7-12(15(17)18)19-11(4)20-13/h5-7,15H,1-4H3,(H,21,22). The lowest BCUT2D eigenvalue weighted by Crippen LogP contribution is -2.17. The summed E-state index contributed by atoms with van der Waals surface area (Å²) in [6, 6.07) is 4.91. The second-order valence-corrected chi connectivity index (χ2v) is 5.25. The molecule has 116 valence electrons. The van der Waals surface area contributed by atoms with Crippen molar-refractivity contribution < 1.29 is 13.6 Å². The molecule has 2 aromatic rings. The molecule has 6 heteroatoms. The molecule has 0 aliphatic heterocycles. The highest BCUT2D eigenvalue weighted by molar-refractivity contribution is 6.03. The zero-order valence-corrected chi connectivity index (χ0v) is 12.9. The number of alkyl halides is 2. The van der Waals surface area contributed by atoms with E-state index >= 15 is 0 Å². The van der Waals surface area contributed by atoms with Crippen LogP contribution in [0.2, 0.25) is 0 Å². The summed E-state index contributed by atoms with van der Waals surface area (Å²) in [4.78, 5) is 19.8. The molecule has 2 rings (SSSR count). The van der Waals surface area contributed by atoms with Crippen molar-refractivity contribution in [3.8, 4) is 0 Å². The Hall–Kier alpha value is -2.37. The third-order valence-electron chi connectivity index (χ3n) is 3.23. The number of benzene rings is 1. The molecule has 1 amide bonds. The number of anilines is 1. The van der Waals surface area contributed by atoms with Crippen LogP contribution in [0.4, 0.5) is 14.5 Å². The minimum Gasteiger partial charge on any atom is -0.320 e. The van der Waals surface area contributed by atoms with Gasteiger partial charge in [-0.3, -0.25) is 4.79 Å². The zero-order valence-electron chi connectivity index (χ0n) is 12.9. The quantitative estimate of drug-likeness (QED) is 0.935. The van der Waals surface area contributed by atoms with Crippen LogP contribution in [0.5, 0.6) is 0 Å². The average molecular weight is 305 g/mol. The van der Waals surface area contributed by atoms with Gasteiger partial charge in [-0.25, -0.2) is 18.7 Å². The number of carbonyl (C=O) groups excluding carboxylic acids is 1. The fourth-order valence-corrected chi connectivity index (χ4v) is 2.37. The number of aromatic nitrogens is 2. The summed E-state index contributed by atoms with van der Waals surface area (Å²) in [6.45, 7) is 7.20. The van der Waals surface area contributed by atoms with E-state index in [1.807, 2.05) is 32.9 Å². The van der Waals surface area contributed by atoms with Gasteiger partial charge in [0.05, 0.1) is 0 Å². The Balaban J connectivity index is 2.34. The first-order chi connectivity index (χ1) is 10.3. The predicted molar refractivity (Wildman–Crippen MR) is 80.3 cm³/mol. The molecule has 0 saturated carbocycles. The number of nitrogens with zero attached hydrogens (tertiary/aromatic N) is 2. The number of nitrogens with one attached hydrogen (secondary N) is 1. The number of halogens is 2. The number of hydrogen-bond donors (Lipinski definition) is 1. The SMILES string of the molecule is Cc1cc(C)c(NC(=O)c2cc(C(F)F)nc(C)n2)c(C)c1. The number of hydrogen-bond acceptors (Lipinski definition) is 3. The van der Waals surface area contributed by atoms with Crippen molar-refractivity contribution in [3.05, 3.63) is 52.1 Å². The van der Waals surface area contributed by atoms with Gasteiger partial charge in [0.25, 0.3) is 12.3 Å². The molecule has 4 nitrogen and oxygen atoms in total. The summed E-state index contributed by atoms with van der Waals surface area (Å²) in [7, 11) is 0. The molecule has 0 bridgehead atoms. The fourth-order valence-electron chi connectivity index (χ4n) is 2.37. The lowest BCUT2D eigenvalue weighted by molar-refractivity contribution is 0.102. The molecular formula is C16H17F2N3O. The Morgan fingerprint density at radius 2 is 1.64 bits per heavy atom. The van der Waals surface area contributed by atoms with E-state index in [1.54, 1.807) is 0 Å². The van der Waals surface area contributed by atoms with Crippen LogP contribution >= 0.6 is 0 Å². The molecule has 22 heavy (non-hydrogen) atoms. The molecule has 1 aromatic heterocycles. The third-order valence-corrected chi connectivity index (χ3v) is 3.23. The van der Waals surface area contributed by atoms with Gasteiger partial charge in [0.2, 0.25) is 0 Å². The lowest BCUT2D eigenvalue weighted by atomic mass is 10.0. The van der Waals surface area contributed by atoms with Gasteiger partial charge in [0.1, 0.15) is 17.2 Å². The molecule has 0 radical (unpaired) electrons. The number of amides is 1. The molecule has 0 fully saturated rings. The number of rotatable bonds is 3. The van der Waals surface area contributed by atoms with Crippen LogP contribution in [0.15, 0.2) is 18.2 Å². The summed E-state index contributed by atoms with van der Waals surface area (Å²) >= 11 is 0. The Morgan fingerprint density at radius 3 is 2.18 bits per heavy atom. The first-order valence-corrected chi connectivity index (χ1v) is 6.81. The topological polar surface area (TPSA) is 54.9 Å². The molecule has 1 aromatic carbocycles. The first kappa shape index (κ1) is 16.0. The van der Waals surface area contributed by atoms with E-state index in [9.17, 15) is 13.6 Å². The highest BCUT2D eigenvalue weighted by Crippen LogP contribution is 2.23. The van der Waals surface area contributed by atoms with Crippen LogP contribution in [0.25, 0.3) is 0 Å². The molecule has 0 spiro atoms. The summed E-state index contributed by atoms with van der Waals surface area (Å²) in [5, 5.41) is 2.74. The third kappa shape index (κ3) is 3.44. The molecule has 1 N–H and O–H groups in total. The van der Waals surface area contributed by atoms with Gasteiger partial charge >= 0.3 is 0 Å². The van der Waals surface area contributed by atoms with E-state index < -0.39 is 18.0 Å². The van der Waals surface area contributed by atoms with Gasteiger partial charge in [-0.1, -0.05) is 17.7 Å². The Labute approximate surface area is 127 Å². The normalized spacial score (nSPS) is 10.9. The van der Waals surface area contributed by atoms with Gasteiger partial charge < -0.3 is 5.32 Å². The van der Waals surface area contributed by atoms with Crippen LogP contribution < -0.4 is 5.32 Å². The van der Waals surface area contributed by atoms with E-state index in [1.165, 1.54) is 6.92 Å². The van der Waals surface area contributed by atoms with Crippen molar-refractivity contribution in [1.82, 2.24) is 9.97 Å². The minimum atomic E-state index is -2.74. The van der Waals surface area contributed by atoms with E-state index in [2.05, 4.69) is 15.3 Å². The van der Waals surface area contributed by atoms with Gasteiger partial charge in [-0.2, -0.15) is 0 Å². The van der Waals surface area contributed by atoms with Crippen LogP contribution in [-0.2, 0) is 0 Å². The summed E-state index contributed by atoms with van der Waals surface area (Å²) in [6.07, 6.45) is -2.74. The van der Waals surface area contributed by atoms with Crippen molar-refractivity contribution in [2.75, 3.05) is 5.32 Å². The van der Waals surface area contributed by atoms with Gasteiger partial charge in [-0.05, 0) is 44.9 Å². The highest BCUT2D eigenvalue weighted by Gasteiger charge is 2.17. The fraction of sp³-hybridized carbons (Fsp3) is 0.312. The second kappa shape index (κ2) is 6.17. The van der Waals surface area contributed by atoms with Crippen molar-refractivity contribution in [2.24, 2.45) is 0 Å². The van der Waals surface area contributed by atoms with E-state index in [0.717, 1.165) is 22.8 Å². The second-order valence-electron chi connectivity index (χ2n) is 5.25. The van der Waals surface area contributed by atoms with Gasteiger partial charge in [-0.15, -0.1) is 0 Å². The van der Waals surface area contributed by atoms with Crippen LogP contribution in [0.3, 0.4) is 0 Å². The van der Waals surface area contributed by atoms with Crippen LogP contribution in [0.1, 0.15) is 45.1 Å². The number of aryl methyl sites for hydroxylation is 4. The number of carbonyl (C=O) groups is 1. The van der Waals surface area contributed by atoms with E-state index in [-0.39, 0.29) is 11.5 Å². The molecule has 1 heterocycles. The van der Waals surface area contributed by atoms with Crippen LogP contribution in [-0.4, -0.2) is 15.9 Å². The lowest BCUT2D eigenvalue weighted by Gasteiger charge is -2.13. The Kier molecular flexibility index (Phi) is 4.49. The molecular weight excluding hydrogens is 288 g/mol. The minimum absolute atomic E-state index is 0.0674. The maximum absolute atomic E-state index is 12.8. The highest BCUT2D eigenvalue weighted by atomic mass is 19.3. The molecule has 0 atom stereocenters. The largest absolute Gasteiger partial charge is 0.320 e. The van der Waals surface area contributed by atoms with Gasteiger partial charge in [0.15, 0.2) is 0 Å². The summed E-state index contributed by atoms with van der Waals surface area (Å²) < 4.78 is 25.5. The Morgan fingerprint density at radius 1 is 1.05 bits per heavy atom. The van der Waals surface area contributed by atoms with E-state index in [0.29, 0.717) is 5.69 Å². The summed E-state index contributed by atoms with van der Waals surface area (Å²) in [5.41, 5.74) is 3.06. The van der Waals surface area contributed by atoms with Crippen molar-refractivity contribution >= 4 is 11.6 Å². The molecule has 0 aliphatic rings. The monoisotopic (exact) mass is 305 g/mol. The molecule has 0 aliphatic carbocycles. The first-order valence-electron chi connectivity index (χ1n) is 6.81. The van der Waals surface area contributed by atoms with Crippen molar-refractivity contribution in [1.29, 1.82) is 0 Å².